The lowest BCUT2D eigenvalue weighted by molar-refractivity contribution is -0.384. The number of pyridine rings is 1. The largest absolute Gasteiger partial charge is 0.483 e. The number of nitro benzene ring substituents is 1. The SMILES string of the molecule is O=C(COc1ccc([N+](=O)[O-])cc1-c1ccno1)N/N=C/c1cc2ccccc2nc1Cl. The summed E-state index contributed by atoms with van der Waals surface area (Å²) in [7, 11) is 0. The fraction of sp³-hybridized carbons (Fsp3) is 0.0476. The highest BCUT2D eigenvalue weighted by Crippen LogP contribution is 2.33. The summed E-state index contributed by atoms with van der Waals surface area (Å²) >= 11 is 6.16. The Morgan fingerprint density at radius 3 is 2.88 bits per heavy atom. The van der Waals surface area contributed by atoms with Crippen LogP contribution >= 0.6 is 11.6 Å². The number of amides is 1. The molecule has 0 fully saturated rings. The van der Waals surface area contributed by atoms with Crippen LogP contribution in [0.3, 0.4) is 0 Å². The molecular formula is C21H14ClN5O5. The molecule has 11 heteroatoms. The molecule has 0 aliphatic rings. The monoisotopic (exact) mass is 451 g/mol. The van der Waals surface area contributed by atoms with E-state index >= 15 is 0 Å². The number of halogens is 1. The van der Waals surface area contributed by atoms with Gasteiger partial charge in [-0.15, -0.1) is 0 Å². The summed E-state index contributed by atoms with van der Waals surface area (Å²) in [5.74, 6) is -0.0678. The molecule has 2 aromatic heterocycles. The van der Waals surface area contributed by atoms with Gasteiger partial charge in [0, 0.05) is 29.1 Å². The highest BCUT2D eigenvalue weighted by molar-refractivity contribution is 6.32. The Hall–Kier alpha value is -4.31. The van der Waals surface area contributed by atoms with Gasteiger partial charge in [0.05, 0.1) is 28.4 Å². The van der Waals surface area contributed by atoms with E-state index in [1.807, 2.05) is 24.3 Å². The lowest BCUT2D eigenvalue weighted by Crippen LogP contribution is -2.24. The molecule has 160 valence electrons. The van der Waals surface area contributed by atoms with Gasteiger partial charge in [-0.25, -0.2) is 10.4 Å². The summed E-state index contributed by atoms with van der Waals surface area (Å²) in [6.07, 6.45) is 2.78. The summed E-state index contributed by atoms with van der Waals surface area (Å²) in [5, 5.41) is 19.7. The minimum atomic E-state index is -0.548. The van der Waals surface area contributed by atoms with Crippen LogP contribution in [0.1, 0.15) is 5.56 Å². The number of aromatic nitrogens is 2. The summed E-state index contributed by atoms with van der Waals surface area (Å²) in [6, 6.07) is 14.7. The third kappa shape index (κ3) is 4.71. The molecule has 0 bridgehead atoms. The lowest BCUT2D eigenvalue weighted by atomic mass is 10.1. The number of nitrogens with one attached hydrogen (secondary N) is 1. The standard InChI is InChI=1S/C21H14ClN5O5/c22-21-14(9-13-3-1-2-4-17(13)25-21)11-23-26-20(28)12-31-18-6-5-15(27(29)30)10-16(18)19-7-8-24-32-19/h1-11H,12H2,(H,26,28)/b23-11+. The number of hydrazone groups is 1. The maximum atomic E-state index is 12.1. The fourth-order valence-electron chi connectivity index (χ4n) is 2.85. The molecule has 0 aliphatic carbocycles. The van der Waals surface area contributed by atoms with Crippen LogP contribution in [0.15, 0.2) is 70.4 Å². The zero-order valence-corrected chi connectivity index (χ0v) is 17.0. The molecule has 32 heavy (non-hydrogen) atoms. The van der Waals surface area contributed by atoms with Crippen LogP contribution < -0.4 is 10.2 Å². The van der Waals surface area contributed by atoms with Crippen molar-refractivity contribution in [2.75, 3.05) is 6.61 Å². The number of nitrogens with zero attached hydrogens (tertiary/aromatic N) is 4. The van der Waals surface area contributed by atoms with Crippen molar-refractivity contribution in [1.29, 1.82) is 0 Å². The van der Waals surface area contributed by atoms with Crippen LogP contribution in [0, 0.1) is 10.1 Å². The van der Waals surface area contributed by atoms with E-state index in [4.69, 9.17) is 20.9 Å². The zero-order chi connectivity index (χ0) is 22.5. The van der Waals surface area contributed by atoms with Gasteiger partial charge in [0.1, 0.15) is 10.9 Å². The molecule has 2 heterocycles. The van der Waals surface area contributed by atoms with Gasteiger partial charge >= 0.3 is 0 Å². The highest BCUT2D eigenvalue weighted by Gasteiger charge is 2.17. The van der Waals surface area contributed by atoms with Gasteiger partial charge in [0.25, 0.3) is 11.6 Å². The number of fused-ring (bicyclic) bond motifs is 1. The van der Waals surface area contributed by atoms with Gasteiger partial charge in [-0.05, 0) is 18.2 Å². The van der Waals surface area contributed by atoms with Crippen molar-refractivity contribution in [3.05, 3.63) is 81.6 Å². The number of nitro groups is 1. The van der Waals surface area contributed by atoms with Crippen molar-refractivity contribution in [3.8, 4) is 17.1 Å². The first-order valence-electron chi connectivity index (χ1n) is 9.21. The molecule has 0 aliphatic heterocycles. The number of benzene rings is 2. The quantitative estimate of drug-likeness (QED) is 0.194. The number of ether oxygens (including phenoxy) is 1. The van der Waals surface area contributed by atoms with Gasteiger partial charge in [-0.2, -0.15) is 5.10 Å². The number of non-ortho nitro benzene ring substituents is 1. The minimum absolute atomic E-state index is 0.154. The molecular weight excluding hydrogens is 438 g/mol. The van der Waals surface area contributed by atoms with E-state index in [9.17, 15) is 14.9 Å². The van der Waals surface area contributed by atoms with E-state index in [1.165, 1.54) is 36.7 Å². The van der Waals surface area contributed by atoms with Gasteiger partial charge in [0.15, 0.2) is 12.4 Å². The van der Waals surface area contributed by atoms with Crippen LogP contribution in [0.25, 0.3) is 22.2 Å². The smallest absolute Gasteiger partial charge is 0.277 e. The molecule has 2 aromatic carbocycles. The van der Waals surface area contributed by atoms with Crippen LogP contribution in [0.2, 0.25) is 5.15 Å². The van der Waals surface area contributed by atoms with Crippen LogP contribution in [0.4, 0.5) is 5.69 Å². The molecule has 10 nitrogen and oxygen atoms in total. The fourth-order valence-corrected chi connectivity index (χ4v) is 3.05. The Kier molecular flexibility index (Phi) is 6.04. The van der Waals surface area contributed by atoms with Gasteiger partial charge < -0.3 is 9.26 Å². The van der Waals surface area contributed by atoms with Gasteiger partial charge in [-0.3, -0.25) is 14.9 Å². The highest BCUT2D eigenvalue weighted by atomic mass is 35.5. The van der Waals surface area contributed by atoms with Crippen molar-refractivity contribution in [1.82, 2.24) is 15.6 Å². The maximum Gasteiger partial charge on any atom is 0.277 e. The molecule has 1 N–H and O–H groups in total. The molecule has 0 radical (unpaired) electrons. The zero-order valence-electron chi connectivity index (χ0n) is 16.3. The predicted molar refractivity (Wildman–Crippen MR) is 117 cm³/mol. The maximum absolute atomic E-state index is 12.1. The third-order valence-corrected chi connectivity index (χ3v) is 4.64. The van der Waals surface area contributed by atoms with Crippen molar-refractivity contribution in [2.45, 2.75) is 0 Å². The first kappa shape index (κ1) is 20.9. The number of hydrogen-bond acceptors (Lipinski definition) is 8. The first-order valence-corrected chi connectivity index (χ1v) is 9.58. The van der Waals surface area contributed by atoms with E-state index in [2.05, 4.69) is 20.7 Å². The second-order valence-corrected chi connectivity index (χ2v) is 6.82. The molecule has 1 amide bonds. The van der Waals surface area contributed by atoms with E-state index in [0.29, 0.717) is 11.1 Å². The minimum Gasteiger partial charge on any atom is -0.483 e. The number of para-hydroxylation sites is 1. The summed E-state index contributed by atoms with van der Waals surface area (Å²) in [6.45, 7) is -0.389. The van der Waals surface area contributed by atoms with Crippen molar-refractivity contribution in [3.63, 3.8) is 0 Å². The number of carbonyl (C=O) groups is 1. The third-order valence-electron chi connectivity index (χ3n) is 4.33. The number of hydrogen-bond donors (Lipinski definition) is 1. The Morgan fingerprint density at radius 1 is 1.25 bits per heavy atom. The van der Waals surface area contributed by atoms with E-state index in [1.54, 1.807) is 6.07 Å². The molecule has 0 saturated heterocycles. The average molecular weight is 452 g/mol. The number of rotatable bonds is 7. The van der Waals surface area contributed by atoms with Crippen molar-refractivity contribution >= 4 is 40.3 Å². The van der Waals surface area contributed by atoms with E-state index in [-0.39, 0.29) is 29.0 Å². The molecule has 4 aromatic rings. The van der Waals surface area contributed by atoms with E-state index < -0.39 is 10.8 Å². The Labute approximate surface area is 185 Å². The summed E-state index contributed by atoms with van der Waals surface area (Å²) in [4.78, 5) is 26.9. The van der Waals surface area contributed by atoms with Crippen molar-refractivity contribution < 1.29 is 19.0 Å². The lowest BCUT2D eigenvalue weighted by Gasteiger charge is -2.09. The van der Waals surface area contributed by atoms with Crippen molar-refractivity contribution in [2.24, 2.45) is 5.10 Å². The molecule has 4 rings (SSSR count). The Morgan fingerprint density at radius 2 is 2.09 bits per heavy atom. The predicted octanol–water partition coefficient (Wildman–Crippen LogP) is 3.98. The molecule has 0 saturated carbocycles. The second-order valence-electron chi connectivity index (χ2n) is 6.46. The average Bonchev–Trinajstić information content (AvgIpc) is 3.32. The van der Waals surface area contributed by atoms with Gasteiger partial charge in [0.2, 0.25) is 0 Å². The number of carbonyl (C=O) groups excluding carboxylic acids is 1. The molecule has 0 spiro atoms. The first-order chi connectivity index (χ1) is 15.5. The van der Waals surface area contributed by atoms with Crippen LogP contribution in [-0.2, 0) is 4.79 Å². The summed E-state index contributed by atoms with van der Waals surface area (Å²) < 4.78 is 10.6. The van der Waals surface area contributed by atoms with Crippen LogP contribution in [-0.4, -0.2) is 33.8 Å². The molecule has 0 atom stereocenters. The molecule has 0 unspecified atom stereocenters. The Bertz CT molecular complexity index is 1320. The Balaban J connectivity index is 1.42. The van der Waals surface area contributed by atoms with Gasteiger partial charge in [-0.1, -0.05) is 35.0 Å². The van der Waals surface area contributed by atoms with Crippen LogP contribution in [0.5, 0.6) is 5.75 Å². The summed E-state index contributed by atoms with van der Waals surface area (Å²) in [5.41, 5.74) is 3.76. The normalized spacial score (nSPS) is 11.0. The topological polar surface area (TPSA) is 133 Å². The van der Waals surface area contributed by atoms with E-state index in [0.717, 1.165) is 10.9 Å². The second kappa shape index (κ2) is 9.23.